The van der Waals surface area contributed by atoms with Crippen LogP contribution in [0.15, 0.2) is 35.1 Å². The van der Waals surface area contributed by atoms with E-state index in [4.69, 9.17) is 0 Å². The lowest BCUT2D eigenvalue weighted by Crippen LogP contribution is -1.99. The van der Waals surface area contributed by atoms with E-state index in [0.717, 1.165) is 21.5 Å². The van der Waals surface area contributed by atoms with Crippen LogP contribution in [-0.2, 0) is 0 Å². The van der Waals surface area contributed by atoms with E-state index in [-0.39, 0.29) is 0 Å². The number of nitrogens with zero attached hydrogens (tertiary/aromatic N) is 3. The van der Waals surface area contributed by atoms with Gasteiger partial charge in [-0.05, 0) is 6.07 Å². The Hall–Kier alpha value is -1.49. The molecule has 1 heterocycles. The monoisotopic (exact) mass is 264 g/mol. The minimum absolute atomic E-state index is 0.719. The van der Waals surface area contributed by atoms with Gasteiger partial charge in [0.25, 0.3) is 0 Å². The van der Waals surface area contributed by atoms with E-state index >= 15 is 0 Å². The number of anilines is 1. The average Bonchev–Trinajstić information content (AvgIpc) is 2.30. The molecule has 76 valence electrons. The molecule has 0 fully saturated rings. The van der Waals surface area contributed by atoms with Gasteiger partial charge < -0.3 is 5.32 Å². The second-order valence-electron chi connectivity index (χ2n) is 2.89. The number of benzene rings is 1. The maximum absolute atomic E-state index is 4.11. The molecule has 5 heteroatoms. The zero-order valence-corrected chi connectivity index (χ0v) is 9.69. The Kier molecular flexibility index (Phi) is 2.91. The van der Waals surface area contributed by atoms with E-state index < -0.39 is 0 Å². The third-order valence-electron chi connectivity index (χ3n) is 1.99. The van der Waals surface area contributed by atoms with Gasteiger partial charge in [-0.25, -0.2) is 4.98 Å². The van der Waals surface area contributed by atoms with Crippen LogP contribution in [0.1, 0.15) is 0 Å². The fourth-order valence-electron chi connectivity index (χ4n) is 1.29. The van der Waals surface area contributed by atoms with Crippen molar-refractivity contribution in [1.82, 2.24) is 15.2 Å². The molecule has 1 aromatic carbocycles. The predicted molar refractivity (Wildman–Crippen MR) is 62.5 cm³/mol. The molecular formula is C10H9BrN4. The molecule has 0 amide bonds. The van der Waals surface area contributed by atoms with Crippen molar-refractivity contribution in [1.29, 1.82) is 0 Å². The Balaban J connectivity index is 2.59. The number of rotatable bonds is 2. The van der Waals surface area contributed by atoms with Crippen LogP contribution in [0.5, 0.6) is 0 Å². The first kappa shape index (κ1) is 10.0. The van der Waals surface area contributed by atoms with Gasteiger partial charge in [0.1, 0.15) is 12.0 Å². The smallest absolute Gasteiger partial charge is 0.156 e. The zero-order valence-electron chi connectivity index (χ0n) is 8.11. The first-order valence-electron chi connectivity index (χ1n) is 4.43. The minimum atomic E-state index is 0.719. The molecule has 2 aromatic rings. The van der Waals surface area contributed by atoms with E-state index in [1.54, 1.807) is 0 Å². The van der Waals surface area contributed by atoms with Crippen LogP contribution in [-0.4, -0.2) is 22.2 Å². The van der Waals surface area contributed by atoms with E-state index in [2.05, 4.69) is 36.4 Å². The lowest BCUT2D eigenvalue weighted by atomic mass is 10.1. The Labute approximate surface area is 95.9 Å². The van der Waals surface area contributed by atoms with Crippen LogP contribution in [0.2, 0.25) is 0 Å². The molecule has 1 N–H and O–H groups in total. The highest BCUT2D eigenvalue weighted by Gasteiger charge is 2.09. The summed E-state index contributed by atoms with van der Waals surface area (Å²) in [5.74, 6) is 0.719. The second kappa shape index (κ2) is 4.35. The number of nitrogens with one attached hydrogen (secondary N) is 1. The second-order valence-corrected chi connectivity index (χ2v) is 3.74. The molecule has 0 atom stereocenters. The van der Waals surface area contributed by atoms with Crippen molar-refractivity contribution < 1.29 is 0 Å². The van der Waals surface area contributed by atoms with Crippen molar-refractivity contribution in [2.75, 3.05) is 12.4 Å². The SMILES string of the molecule is CNc1ncnnc1-c1ccccc1Br. The van der Waals surface area contributed by atoms with Gasteiger partial charge in [0, 0.05) is 17.1 Å². The maximum Gasteiger partial charge on any atom is 0.156 e. The Morgan fingerprint density at radius 2 is 2.07 bits per heavy atom. The highest BCUT2D eigenvalue weighted by atomic mass is 79.9. The highest BCUT2D eigenvalue weighted by Crippen LogP contribution is 2.29. The van der Waals surface area contributed by atoms with Crippen LogP contribution >= 0.6 is 15.9 Å². The molecule has 0 spiro atoms. The van der Waals surface area contributed by atoms with Gasteiger partial charge >= 0.3 is 0 Å². The van der Waals surface area contributed by atoms with Gasteiger partial charge in [-0.3, -0.25) is 0 Å². The Bertz CT molecular complexity index is 472. The van der Waals surface area contributed by atoms with E-state index in [0.29, 0.717) is 0 Å². The molecular weight excluding hydrogens is 256 g/mol. The van der Waals surface area contributed by atoms with Crippen molar-refractivity contribution in [3.8, 4) is 11.3 Å². The molecule has 0 radical (unpaired) electrons. The first-order valence-corrected chi connectivity index (χ1v) is 5.22. The normalized spacial score (nSPS) is 10.0. The van der Waals surface area contributed by atoms with Crippen LogP contribution < -0.4 is 5.32 Å². The summed E-state index contributed by atoms with van der Waals surface area (Å²) in [6.45, 7) is 0. The minimum Gasteiger partial charge on any atom is -0.371 e. The molecule has 15 heavy (non-hydrogen) atoms. The first-order chi connectivity index (χ1) is 7.33. The number of hydrogen-bond donors (Lipinski definition) is 1. The van der Waals surface area contributed by atoms with Crippen molar-refractivity contribution in [3.63, 3.8) is 0 Å². The topological polar surface area (TPSA) is 50.7 Å². The number of hydrogen-bond acceptors (Lipinski definition) is 4. The summed E-state index contributed by atoms with van der Waals surface area (Å²) in [5.41, 5.74) is 1.72. The van der Waals surface area contributed by atoms with Crippen molar-refractivity contribution in [2.45, 2.75) is 0 Å². The van der Waals surface area contributed by atoms with Crippen LogP contribution in [0.25, 0.3) is 11.3 Å². The summed E-state index contributed by atoms with van der Waals surface area (Å²) in [5, 5.41) is 10.9. The molecule has 1 aromatic heterocycles. The van der Waals surface area contributed by atoms with E-state index in [9.17, 15) is 0 Å². The van der Waals surface area contributed by atoms with E-state index in [1.807, 2.05) is 31.3 Å². The average molecular weight is 265 g/mol. The van der Waals surface area contributed by atoms with E-state index in [1.165, 1.54) is 6.33 Å². The molecule has 0 aliphatic rings. The molecule has 0 saturated carbocycles. The lowest BCUT2D eigenvalue weighted by molar-refractivity contribution is 0.977. The summed E-state index contributed by atoms with van der Waals surface area (Å²) in [6, 6.07) is 7.84. The van der Waals surface area contributed by atoms with Gasteiger partial charge in [-0.15, -0.1) is 10.2 Å². The maximum atomic E-state index is 4.11. The van der Waals surface area contributed by atoms with Crippen LogP contribution in [0.4, 0.5) is 5.82 Å². The zero-order chi connectivity index (χ0) is 10.7. The van der Waals surface area contributed by atoms with Gasteiger partial charge in [-0.2, -0.15) is 0 Å². The molecule has 0 saturated heterocycles. The van der Waals surface area contributed by atoms with Crippen LogP contribution in [0.3, 0.4) is 0 Å². The fraction of sp³-hybridized carbons (Fsp3) is 0.100. The van der Waals surface area contributed by atoms with Crippen molar-refractivity contribution in [2.24, 2.45) is 0 Å². The fourth-order valence-corrected chi connectivity index (χ4v) is 1.77. The summed E-state index contributed by atoms with van der Waals surface area (Å²) >= 11 is 3.47. The van der Waals surface area contributed by atoms with Gasteiger partial charge in [0.15, 0.2) is 5.82 Å². The third-order valence-corrected chi connectivity index (χ3v) is 2.68. The molecule has 0 bridgehead atoms. The summed E-state index contributed by atoms with van der Waals surface area (Å²) in [4.78, 5) is 4.11. The summed E-state index contributed by atoms with van der Waals surface area (Å²) in [6.07, 6.45) is 1.42. The Morgan fingerprint density at radius 1 is 1.27 bits per heavy atom. The standard InChI is InChI=1S/C10H9BrN4/c1-12-10-9(15-14-6-13-10)7-4-2-3-5-8(7)11/h2-6H,1H3,(H,12,13,14). The highest BCUT2D eigenvalue weighted by molar-refractivity contribution is 9.10. The van der Waals surface area contributed by atoms with Crippen molar-refractivity contribution >= 4 is 21.7 Å². The van der Waals surface area contributed by atoms with Crippen molar-refractivity contribution in [3.05, 3.63) is 35.1 Å². The predicted octanol–water partition coefficient (Wildman–Crippen LogP) is 2.34. The lowest BCUT2D eigenvalue weighted by Gasteiger charge is -2.06. The summed E-state index contributed by atoms with van der Waals surface area (Å²) < 4.78 is 0.976. The third kappa shape index (κ3) is 1.97. The number of halogens is 1. The quantitative estimate of drug-likeness (QED) is 0.905. The Morgan fingerprint density at radius 3 is 2.80 bits per heavy atom. The molecule has 2 rings (SSSR count). The van der Waals surface area contributed by atoms with Gasteiger partial charge in [-0.1, -0.05) is 34.1 Å². The van der Waals surface area contributed by atoms with Gasteiger partial charge in [0.2, 0.25) is 0 Å². The molecule has 0 aliphatic heterocycles. The summed E-state index contributed by atoms with van der Waals surface area (Å²) in [7, 11) is 1.81. The molecule has 0 unspecified atom stereocenters. The number of aromatic nitrogens is 3. The van der Waals surface area contributed by atoms with Crippen LogP contribution in [0, 0.1) is 0 Å². The largest absolute Gasteiger partial charge is 0.371 e. The van der Waals surface area contributed by atoms with Gasteiger partial charge in [0.05, 0.1) is 0 Å². The molecule has 0 aliphatic carbocycles. The molecule has 4 nitrogen and oxygen atoms in total.